The van der Waals surface area contributed by atoms with Crippen molar-refractivity contribution >= 4 is 17.5 Å². The molecule has 8 heteroatoms. The quantitative estimate of drug-likeness (QED) is 0.463. The van der Waals surface area contributed by atoms with Crippen molar-refractivity contribution in [2.45, 2.75) is 25.8 Å². The van der Waals surface area contributed by atoms with Gasteiger partial charge in [0, 0.05) is 42.3 Å². The second-order valence-corrected chi connectivity index (χ2v) is 9.43. The number of nitrogens with zero attached hydrogens (tertiary/aromatic N) is 3. The zero-order chi connectivity index (χ0) is 24.2. The molecular weight excluding hydrogens is 464 g/mol. The van der Waals surface area contributed by atoms with Gasteiger partial charge in [-0.2, -0.15) is 5.10 Å². The van der Waals surface area contributed by atoms with Crippen LogP contribution in [-0.2, 0) is 4.74 Å². The summed E-state index contributed by atoms with van der Waals surface area (Å²) in [4.78, 5) is 18.0. The van der Waals surface area contributed by atoms with Gasteiger partial charge in [0.05, 0.1) is 31.6 Å². The summed E-state index contributed by atoms with van der Waals surface area (Å²) in [5.74, 6) is 0.801. The third-order valence-corrected chi connectivity index (χ3v) is 6.86. The Labute approximate surface area is 211 Å². The van der Waals surface area contributed by atoms with Crippen LogP contribution in [0.2, 0.25) is 5.02 Å². The van der Waals surface area contributed by atoms with Crippen LogP contribution in [0, 0.1) is 0 Å². The smallest absolute Gasteiger partial charge is 0.273 e. The lowest BCUT2D eigenvalue weighted by Crippen LogP contribution is -2.38. The van der Waals surface area contributed by atoms with E-state index >= 15 is 0 Å². The van der Waals surface area contributed by atoms with Gasteiger partial charge in [0.1, 0.15) is 11.4 Å². The van der Waals surface area contributed by atoms with E-state index in [1.165, 1.54) is 0 Å². The van der Waals surface area contributed by atoms with E-state index in [0.29, 0.717) is 23.9 Å². The molecule has 0 saturated carbocycles. The predicted molar refractivity (Wildman–Crippen MR) is 136 cm³/mol. The second kappa shape index (κ2) is 10.8. The minimum absolute atomic E-state index is 0.0143. The van der Waals surface area contributed by atoms with Crippen molar-refractivity contribution in [3.63, 3.8) is 0 Å². The molecule has 1 atom stereocenters. The normalized spacial score (nSPS) is 18.2. The first-order valence-electron chi connectivity index (χ1n) is 12.3. The molecule has 2 aliphatic rings. The van der Waals surface area contributed by atoms with Gasteiger partial charge in [0.15, 0.2) is 0 Å². The molecule has 0 spiro atoms. The molecule has 1 N–H and O–H groups in total. The highest BCUT2D eigenvalue weighted by atomic mass is 35.5. The second-order valence-electron chi connectivity index (χ2n) is 9.00. The van der Waals surface area contributed by atoms with Gasteiger partial charge in [-0.15, -0.1) is 0 Å². The number of nitrogens with one attached hydrogen (secondary N) is 1. The number of halogens is 1. The number of hydrogen-bond donors (Lipinski definition) is 1. The van der Waals surface area contributed by atoms with Gasteiger partial charge < -0.3 is 14.4 Å². The number of carbonyl (C=O) groups is 1. The Hall–Kier alpha value is -2.87. The van der Waals surface area contributed by atoms with E-state index in [4.69, 9.17) is 21.1 Å². The van der Waals surface area contributed by atoms with Crippen LogP contribution in [-0.4, -0.2) is 71.9 Å². The molecule has 1 fully saturated rings. The molecule has 3 aromatic rings. The van der Waals surface area contributed by atoms with E-state index in [1.54, 1.807) is 0 Å². The number of hydrogen-bond acceptors (Lipinski definition) is 5. The minimum atomic E-state index is -0.239. The van der Waals surface area contributed by atoms with Crippen LogP contribution in [0.5, 0.6) is 5.75 Å². The topological polar surface area (TPSA) is 70.7 Å². The molecule has 1 amide bonds. The van der Waals surface area contributed by atoms with E-state index in [1.807, 2.05) is 41.3 Å². The maximum atomic E-state index is 13.6. The number of fused-ring (bicyclic) bond motifs is 1. The number of ether oxygens (including phenoxy) is 2. The highest BCUT2D eigenvalue weighted by molar-refractivity contribution is 6.30. The van der Waals surface area contributed by atoms with Gasteiger partial charge in [-0.1, -0.05) is 42.8 Å². The van der Waals surface area contributed by atoms with Crippen molar-refractivity contribution in [3.8, 4) is 17.0 Å². The number of rotatable bonds is 9. The van der Waals surface area contributed by atoms with Crippen LogP contribution in [0.1, 0.15) is 47.4 Å². The Morgan fingerprint density at radius 2 is 1.94 bits per heavy atom. The molecule has 3 heterocycles. The van der Waals surface area contributed by atoms with Crippen molar-refractivity contribution in [1.29, 1.82) is 0 Å². The number of aromatic nitrogens is 2. The molecule has 0 radical (unpaired) electrons. The maximum Gasteiger partial charge on any atom is 0.273 e. The number of aromatic amines is 1. The zero-order valence-electron chi connectivity index (χ0n) is 20.0. The van der Waals surface area contributed by atoms with E-state index in [0.717, 1.165) is 73.8 Å². The molecule has 7 nitrogen and oxygen atoms in total. The number of carbonyl (C=O) groups excluding carboxylic acids is 1. The molecule has 1 unspecified atom stereocenters. The minimum Gasteiger partial charge on any atom is -0.494 e. The first-order valence-corrected chi connectivity index (χ1v) is 12.7. The molecule has 2 aromatic carbocycles. The number of H-pyrrole nitrogens is 1. The molecule has 5 rings (SSSR count). The van der Waals surface area contributed by atoms with Crippen LogP contribution < -0.4 is 4.74 Å². The Balaban J connectivity index is 1.47. The van der Waals surface area contributed by atoms with Crippen LogP contribution in [0.3, 0.4) is 0 Å². The van der Waals surface area contributed by atoms with Gasteiger partial charge in [-0.05, 0) is 42.7 Å². The van der Waals surface area contributed by atoms with Gasteiger partial charge >= 0.3 is 0 Å². The molecule has 1 saturated heterocycles. The Morgan fingerprint density at radius 1 is 1.14 bits per heavy atom. The van der Waals surface area contributed by atoms with Crippen molar-refractivity contribution in [2.24, 2.45) is 0 Å². The summed E-state index contributed by atoms with van der Waals surface area (Å²) in [5.41, 5.74) is 4.21. The molecule has 2 aliphatic heterocycles. The van der Waals surface area contributed by atoms with Crippen LogP contribution in [0.15, 0.2) is 48.5 Å². The molecule has 0 bridgehead atoms. The summed E-state index contributed by atoms with van der Waals surface area (Å²) in [6.45, 7) is 7.77. The summed E-state index contributed by atoms with van der Waals surface area (Å²) in [6, 6.07) is 15.4. The van der Waals surface area contributed by atoms with E-state index < -0.39 is 0 Å². The monoisotopic (exact) mass is 494 g/mol. The van der Waals surface area contributed by atoms with Crippen molar-refractivity contribution in [2.75, 3.05) is 46.0 Å². The SMILES string of the molecule is CCCOc1cccc(C2c3c(-c4ccc(Cl)cc4)n[nH]c3C(=O)N2CCCN2CCOCC2)c1. The maximum absolute atomic E-state index is 13.6. The first kappa shape index (κ1) is 23.9. The van der Waals surface area contributed by atoms with Gasteiger partial charge in [0.25, 0.3) is 5.91 Å². The lowest BCUT2D eigenvalue weighted by atomic mass is 9.96. The molecule has 184 valence electrons. The first-order chi connectivity index (χ1) is 17.2. The highest BCUT2D eigenvalue weighted by Crippen LogP contribution is 2.43. The highest BCUT2D eigenvalue weighted by Gasteiger charge is 2.42. The summed E-state index contributed by atoms with van der Waals surface area (Å²) >= 11 is 6.13. The number of amides is 1. The van der Waals surface area contributed by atoms with Gasteiger partial charge in [0.2, 0.25) is 0 Å². The Bertz CT molecular complexity index is 1160. The largest absolute Gasteiger partial charge is 0.494 e. The lowest BCUT2D eigenvalue weighted by molar-refractivity contribution is 0.0354. The van der Waals surface area contributed by atoms with Crippen LogP contribution >= 0.6 is 11.6 Å². The fraction of sp³-hybridized carbons (Fsp3) is 0.407. The average molecular weight is 495 g/mol. The van der Waals surface area contributed by atoms with E-state index in [2.05, 4.69) is 34.2 Å². The number of benzene rings is 2. The molecule has 35 heavy (non-hydrogen) atoms. The van der Waals surface area contributed by atoms with Gasteiger partial charge in [-0.3, -0.25) is 14.8 Å². The summed E-state index contributed by atoms with van der Waals surface area (Å²) in [6.07, 6.45) is 1.83. The van der Waals surface area contributed by atoms with Crippen LogP contribution in [0.4, 0.5) is 0 Å². The lowest BCUT2D eigenvalue weighted by Gasteiger charge is -2.30. The van der Waals surface area contributed by atoms with Crippen molar-refractivity contribution < 1.29 is 14.3 Å². The zero-order valence-corrected chi connectivity index (χ0v) is 20.8. The standard InChI is InChI=1S/C27H31ClN4O3/c1-2-15-35-22-6-3-5-20(18-22)26-23-24(19-7-9-21(28)10-8-19)29-30-25(23)27(33)32(26)12-4-11-31-13-16-34-17-14-31/h3,5-10,18,26H,2,4,11-17H2,1H3,(H,29,30). The van der Waals surface area contributed by atoms with E-state index in [-0.39, 0.29) is 11.9 Å². The summed E-state index contributed by atoms with van der Waals surface area (Å²) < 4.78 is 11.4. The van der Waals surface area contributed by atoms with E-state index in [9.17, 15) is 4.79 Å². The third kappa shape index (κ3) is 5.08. The predicted octanol–water partition coefficient (Wildman–Crippen LogP) is 4.79. The van der Waals surface area contributed by atoms with Crippen LogP contribution in [0.25, 0.3) is 11.3 Å². The fourth-order valence-electron chi connectivity index (χ4n) is 4.89. The molecular formula is C27H31ClN4O3. The van der Waals surface area contributed by atoms with Gasteiger partial charge in [-0.25, -0.2) is 0 Å². The van der Waals surface area contributed by atoms with Crippen molar-refractivity contribution in [3.05, 3.63) is 70.4 Å². The number of morpholine rings is 1. The molecule has 1 aromatic heterocycles. The Morgan fingerprint density at radius 3 is 2.71 bits per heavy atom. The summed E-state index contributed by atoms with van der Waals surface area (Å²) in [5, 5.41) is 8.26. The molecule has 0 aliphatic carbocycles. The Kier molecular flexibility index (Phi) is 7.37. The fourth-order valence-corrected chi connectivity index (χ4v) is 5.01. The third-order valence-electron chi connectivity index (χ3n) is 6.61. The average Bonchev–Trinajstić information content (AvgIpc) is 3.43. The van der Waals surface area contributed by atoms with Crippen molar-refractivity contribution in [1.82, 2.24) is 20.0 Å². The summed E-state index contributed by atoms with van der Waals surface area (Å²) in [7, 11) is 0.